The van der Waals surface area contributed by atoms with Crippen LogP contribution in [0.15, 0.2) is 42.5 Å². The van der Waals surface area contributed by atoms with Gasteiger partial charge in [0.2, 0.25) is 5.91 Å². The summed E-state index contributed by atoms with van der Waals surface area (Å²) in [5, 5.41) is 5.63. The van der Waals surface area contributed by atoms with Crippen molar-refractivity contribution < 1.29 is 9.59 Å². The number of benzene rings is 2. The van der Waals surface area contributed by atoms with Crippen molar-refractivity contribution in [3.8, 4) is 0 Å². The molecule has 0 bridgehead atoms. The van der Waals surface area contributed by atoms with Gasteiger partial charge in [-0.2, -0.15) is 0 Å². The molecule has 27 heavy (non-hydrogen) atoms. The van der Waals surface area contributed by atoms with Gasteiger partial charge in [0.1, 0.15) is 0 Å². The van der Waals surface area contributed by atoms with Crippen molar-refractivity contribution in [2.24, 2.45) is 0 Å². The Balaban J connectivity index is 1.53. The molecule has 2 aromatic carbocycles. The van der Waals surface area contributed by atoms with Gasteiger partial charge in [0.25, 0.3) is 0 Å². The maximum Gasteiger partial charge on any atom is 0.321 e. The number of rotatable bonds is 3. The minimum absolute atomic E-state index is 0.0954. The lowest BCUT2D eigenvalue weighted by Gasteiger charge is -2.36. The van der Waals surface area contributed by atoms with Crippen molar-refractivity contribution >= 4 is 29.0 Å². The highest BCUT2D eigenvalue weighted by molar-refractivity contribution is 5.91. The Morgan fingerprint density at radius 2 is 1.41 bits per heavy atom. The third-order valence-electron chi connectivity index (χ3n) is 4.88. The number of anilines is 3. The van der Waals surface area contributed by atoms with Crippen LogP contribution in [0.3, 0.4) is 0 Å². The van der Waals surface area contributed by atoms with Crippen molar-refractivity contribution in [1.29, 1.82) is 0 Å². The van der Waals surface area contributed by atoms with Crippen molar-refractivity contribution in [1.82, 2.24) is 4.90 Å². The SMILES string of the molecule is CC(=O)Nc1ccc(NC(=O)N2CCN(c3ccc(C)c(C)c3)CC2)cc1. The second-order valence-electron chi connectivity index (χ2n) is 6.93. The number of carbonyl (C=O) groups is 2. The van der Waals surface area contributed by atoms with E-state index in [1.807, 2.05) is 4.90 Å². The fraction of sp³-hybridized carbons (Fsp3) is 0.333. The Morgan fingerprint density at radius 1 is 0.815 bits per heavy atom. The number of hydrogen-bond donors (Lipinski definition) is 2. The topological polar surface area (TPSA) is 64.7 Å². The van der Waals surface area contributed by atoms with E-state index in [0.29, 0.717) is 24.5 Å². The molecule has 1 aliphatic heterocycles. The molecule has 1 aliphatic rings. The summed E-state index contributed by atoms with van der Waals surface area (Å²) in [5.41, 5.74) is 5.22. The van der Waals surface area contributed by atoms with Crippen LogP contribution in [-0.2, 0) is 4.79 Å². The molecule has 0 saturated carbocycles. The third-order valence-corrected chi connectivity index (χ3v) is 4.88. The molecule has 142 valence electrons. The second-order valence-corrected chi connectivity index (χ2v) is 6.93. The van der Waals surface area contributed by atoms with Gasteiger partial charge in [-0.15, -0.1) is 0 Å². The molecule has 0 spiro atoms. The van der Waals surface area contributed by atoms with Crippen LogP contribution >= 0.6 is 0 Å². The molecule has 2 N–H and O–H groups in total. The van der Waals surface area contributed by atoms with Gasteiger partial charge >= 0.3 is 6.03 Å². The molecule has 3 rings (SSSR count). The minimum atomic E-state index is -0.117. The molecule has 6 heteroatoms. The number of hydrogen-bond acceptors (Lipinski definition) is 3. The van der Waals surface area contributed by atoms with E-state index in [4.69, 9.17) is 0 Å². The van der Waals surface area contributed by atoms with Crippen molar-refractivity contribution in [3.63, 3.8) is 0 Å². The van der Waals surface area contributed by atoms with Gasteiger partial charge in [-0.3, -0.25) is 4.79 Å². The van der Waals surface area contributed by atoms with E-state index in [9.17, 15) is 9.59 Å². The first-order valence-electron chi connectivity index (χ1n) is 9.18. The lowest BCUT2D eigenvalue weighted by molar-refractivity contribution is -0.114. The highest BCUT2D eigenvalue weighted by Crippen LogP contribution is 2.21. The van der Waals surface area contributed by atoms with Crippen LogP contribution in [0, 0.1) is 13.8 Å². The Labute approximate surface area is 160 Å². The van der Waals surface area contributed by atoms with E-state index in [1.54, 1.807) is 24.3 Å². The lowest BCUT2D eigenvalue weighted by Crippen LogP contribution is -2.50. The highest BCUT2D eigenvalue weighted by Gasteiger charge is 2.21. The molecule has 6 nitrogen and oxygen atoms in total. The lowest BCUT2D eigenvalue weighted by atomic mass is 10.1. The first kappa shape index (κ1) is 18.8. The van der Waals surface area contributed by atoms with E-state index >= 15 is 0 Å². The largest absolute Gasteiger partial charge is 0.368 e. The van der Waals surface area contributed by atoms with Crippen LogP contribution in [0.2, 0.25) is 0 Å². The highest BCUT2D eigenvalue weighted by atomic mass is 16.2. The summed E-state index contributed by atoms with van der Waals surface area (Å²) < 4.78 is 0. The Hall–Kier alpha value is -3.02. The number of nitrogens with one attached hydrogen (secondary N) is 2. The zero-order chi connectivity index (χ0) is 19.4. The monoisotopic (exact) mass is 366 g/mol. The summed E-state index contributed by atoms with van der Waals surface area (Å²) in [4.78, 5) is 27.7. The maximum absolute atomic E-state index is 12.5. The van der Waals surface area contributed by atoms with Gasteiger partial charge in [0.15, 0.2) is 0 Å². The van der Waals surface area contributed by atoms with Crippen LogP contribution in [0.25, 0.3) is 0 Å². The van der Waals surface area contributed by atoms with Gasteiger partial charge < -0.3 is 20.4 Å². The fourth-order valence-corrected chi connectivity index (χ4v) is 3.13. The average Bonchev–Trinajstić information content (AvgIpc) is 2.65. The summed E-state index contributed by atoms with van der Waals surface area (Å²) in [6.07, 6.45) is 0. The molecule has 1 heterocycles. The summed E-state index contributed by atoms with van der Waals surface area (Å²) in [6.45, 7) is 8.71. The molecular weight excluding hydrogens is 340 g/mol. The molecule has 0 unspecified atom stereocenters. The zero-order valence-electron chi connectivity index (χ0n) is 16.1. The van der Waals surface area contributed by atoms with Crippen molar-refractivity contribution in [2.75, 3.05) is 41.7 Å². The Morgan fingerprint density at radius 3 is 1.96 bits per heavy atom. The quantitative estimate of drug-likeness (QED) is 0.872. The van der Waals surface area contributed by atoms with Crippen LogP contribution < -0.4 is 15.5 Å². The number of piperazine rings is 1. The summed E-state index contributed by atoms with van der Waals surface area (Å²) in [6, 6.07) is 13.5. The zero-order valence-corrected chi connectivity index (χ0v) is 16.1. The van der Waals surface area contributed by atoms with Gasteiger partial charge in [-0.25, -0.2) is 4.79 Å². The van der Waals surface area contributed by atoms with E-state index < -0.39 is 0 Å². The molecule has 2 aromatic rings. The summed E-state index contributed by atoms with van der Waals surface area (Å²) in [5.74, 6) is -0.117. The minimum Gasteiger partial charge on any atom is -0.368 e. The number of carbonyl (C=O) groups excluding carboxylic acids is 2. The normalized spacial score (nSPS) is 14.0. The Kier molecular flexibility index (Phi) is 5.64. The van der Waals surface area contributed by atoms with Gasteiger partial charge in [-0.05, 0) is 61.4 Å². The number of aryl methyl sites for hydroxylation is 2. The third kappa shape index (κ3) is 4.78. The van der Waals surface area contributed by atoms with E-state index in [-0.39, 0.29) is 11.9 Å². The van der Waals surface area contributed by atoms with E-state index in [2.05, 4.69) is 47.6 Å². The van der Waals surface area contributed by atoms with Crippen molar-refractivity contribution in [3.05, 3.63) is 53.6 Å². The first-order valence-corrected chi connectivity index (χ1v) is 9.18. The number of urea groups is 1. The smallest absolute Gasteiger partial charge is 0.321 e. The van der Waals surface area contributed by atoms with E-state index in [1.165, 1.54) is 23.7 Å². The fourth-order valence-electron chi connectivity index (χ4n) is 3.13. The van der Waals surface area contributed by atoms with Crippen LogP contribution in [0.5, 0.6) is 0 Å². The predicted octanol–water partition coefficient (Wildman–Crippen LogP) is 3.62. The molecule has 1 fully saturated rings. The maximum atomic E-state index is 12.5. The van der Waals surface area contributed by atoms with Crippen LogP contribution in [0.1, 0.15) is 18.1 Å². The first-order chi connectivity index (χ1) is 12.9. The van der Waals surface area contributed by atoms with Crippen LogP contribution in [-0.4, -0.2) is 43.0 Å². The van der Waals surface area contributed by atoms with Gasteiger partial charge in [-0.1, -0.05) is 6.07 Å². The second kappa shape index (κ2) is 8.12. The number of nitrogens with zero attached hydrogens (tertiary/aromatic N) is 2. The number of amides is 3. The Bertz CT molecular complexity index is 825. The van der Waals surface area contributed by atoms with Crippen molar-refractivity contribution in [2.45, 2.75) is 20.8 Å². The summed E-state index contributed by atoms with van der Waals surface area (Å²) in [7, 11) is 0. The van der Waals surface area contributed by atoms with Gasteiger partial charge in [0, 0.05) is 50.2 Å². The molecule has 0 atom stereocenters. The molecular formula is C21H26N4O2. The average molecular weight is 366 g/mol. The molecule has 0 radical (unpaired) electrons. The summed E-state index contributed by atoms with van der Waals surface area (Å²) >= 11 is 0. The molecule has 1 saturated heterocycles. The van der Waals surface area contributed by atoms with Gasteiger partial charge in [0.05, 0.1) is 0 Å². The van der Waals surface area contributed by atoms with E-state index in [0.717, 1.165) is 13.1 Å². The molecule has 0 aliphatic carbocycles. The predicted molar refractivity (Wildman–Crippen MR) is 109 cm³/mol. The van der Waals surface area contributed by atoms with Crippen LogP contribution in [0.4, 0.5) is 21.9 Å². The standard InChI is InChI=1S/C21H26N4O2/c1-15-4-9-20(14-16(15)2)24-10-12-25(13-11-24)21(27)23-19-7-5-18(6-8-19)22-17(3)26/h4-9,14H,10-13H2,1-3H3,(H,22,26)(H,23,27). The molecule has 3 amide bonds. The molecule has 0 aromatic heterocycles.